The number of nitrogens with one attached hydrogen (secondary N) is 1. The molecule has 1 aliphatic heterocycles. The molecule has 0 unspecified atom stereocenters. The predicted molar refractivity (Wildman–Crippen MR) is 53.3 cm³/mol. The van der Waals surface area contributed by atoms with E-state index in [9.17, 15) is 13.2 Å². The van der Waals surface area contributed by atoms with E-state index in [4.69, 9.17) is 0 Å². The van der Waals surface area contributed by atoms with Gasteiger partial charge < -0.3 is 5.32 Å². The fourth-order valence-corrected chi connectivity index (χ4v) is 2.82. The number of carbonyl (C=O) groups excluding carboxylic acids is 1. The number of carbonyl (C=O) groups is 1. The van der Waals surface area contributed by atoms with Crippen LogP contribution in [0.1, 0.15) is 19.8 Å². The minimum Gasteiger partial charge on any atom is -0.355 e. The quantitative estimate of drug-likeness (QED) is 0.700. The first-order chi connectivity index (χ1) is 6.46. The average molecular weight is 220 g/mol. The van der Waals surface area contributed by atoms with Crippen molar-refractivity contribution in [3.05, 3.63) is 0 Å². The zero-order valence-electron chi connectivity index (χ0n) is 8.49. The molecule has 0 aromatic rings. The molecule has 0 aliphatic carbocycles. The van der Waals surface area contributed by atoms with Gasteiger partial charge in [0.15, 0.2) is 0 Å². The summed E-state index contributed by atoms with van der Waals surface area (Å²) in [6, 6.07) is -0.495. The fraction of sp³-hybridized carbons (Fsp3) is 0.875. The molecule has 1 N–H and O–H groups in total. The summed E-state index contributed by atoms with van der Waals surface area (Å²) in [6.45, 7) is 2.81. The molecule has 1 fully saturated rings. The SMILES string of the molecule is CCNC(=O)[C@H]1CCCN1S(C)(=O)=O. The van der Waals surface area contributed by atoms with Crippen molar-refractivity contribution >= 4 is 15.9 Å². The van der Waals surface area contributed by atoms with Crippen LogP contribution in [0.25, 0.3) is 0 Å². The lowest BCUT2D eigenvalue weighted by Gasteiger charge is -2.20. The second-order valence-corrected chi connectivity index (χ2v) is 5.36. The number of sulfonamides is 1. The highest BCUT2D eigenvalue weighted by atomic mass is 32.2. The Kier molecular flexibility index (Phi) is 3.49. The van der Waals surface area contributed by atoms with Gasteiger partial charge in [0.25, 0.3) is 0 Å². The van der Waals surface area contributed by atoms with Crippen molar-refractivity contribution in [1.29, 1.82) is 0 Å². The van der Waals surface area contributed by atoms with Crippen molar-refractivity contribution in [3.63, 3.8) is 0 Å². The van der Waals surface area contributed by atoms with Crippen molar-refractivity contribution in [3.8, 4) is 0 Å². The molecule has 82 valence electrons. The summed E-state index contributed by atoms with van der Waals surface area (Å²) in [4.78, 5) is 11.5. The van der Waals surface area contributed by atoms with Crippen LogP contribution in [0.15, 0.2) is 0 Å². The number of hydrogen-bond donors (Lipinski definition) is 1. The van der Waals surface area contributed by atoms with Gasteiger partial charge in [0, 0.05) is 13.1 Å². The average Bonchev–Trinajstić information content (AvgIpc) is 2.50. The maximum Gasteiger partial charge on any atom is 0.238 e. The number of amides is 1. The van der Waals surface area contributed by atoms with Gasteiger partial charge in [-0.15, -0.1) is 0 Å². The zero-order valence-corrected chi connectivity index (χ0v) is 9.30. The summed E-state index contributed by atoms with van der Waals surface area (Å²) < 4.78 is 23.9. The van der Waals surface area contributed by atoms with Gasteiger partial charge in [-0.1, -0.05) is 0 Å². The molecule has 0 spiro atoms. The van der Waals surface area contributed by atoms with Gasteiger partial charge in [0.1, 0.15) is 6.04 Å². The first kappa shape index (κ1) is 11.5. The lowest BCUT2D eigenvalue weighted by Crippen LogP contribution is -2.45. The van der Waals surface area contributed by atoms with Crippen molar-refractivity contribution in [2.24, 2.45) is 0 Å². The van der Waals surface area contributed by atoms with Gasteiger partial charge in [0.2, 0.25) is 15.9 Å². The van der Waals surface area contributed by atoms with Crippen LogP contribution in [-0.2, 0) is 14.8 Å². The van der Waals surface area contributed by atoms with Crippen molar-refractivity contribution in [2.45, 2.75) is 25.8 Å². The van der Waals surface area contributed by atoms with Gasteiger partial charge >= 0.3 is 0 Å². The van der Waals surface area contributed by atoms with Gasteiger partial charge in [-0.2, -0.15) is 4.31 Å². The minimum atomic E-state index is -3.24. The molecule has 1 atom stereocenters. The first-order valence-electron chi connectivity index (χ1n) is 4.71. The second kappa shape index (κ2) is 4.27. The van der Waals surface area contributed by atoms with Gasteiger partial charge in [-0.05, 0) is 19.8 Å². The van der Waals surface area contributed by atoms with Crippen LogP contribution < -0.4 is 5.32 Å². The maximum atomic E-state index is 11.5. The molecule has 0 aromatic heterocycles. The summed E-state index contributed by atoms with van der Waals surface area (Å²) in [5, 5.41) is 2.64. The molecule has 0 radical (unpaired) electrons. The Bertz CT molecular complexity index is 313. The van der Waals surface area contributed by atoms with E-state index in [1.54, 1.807) is 0 Å². The van der Waals surface area contributed by atoms with Crippen LogP contribution >= 0.6 is 0 Å². The Morgan fingerprint density at radius 1 is 1.57 bits per heavy atom. The molecular weight excluding hydrogens is 204 g/mol. The fourth-order valence-electron chi connectivity index (χ4n) is 1.69. The molecular formula is C8H16N2O3S. The van der Waals surface area contributed by atoms with E-state index in [1.165, 1.54) is 4.31 Å². The Balaban J connectivity index is 2.74. The number of hydrogen-bond acceptors (Lipinski definition) is 3. The Morgan fingerprint density at radius 3 is 2.71 bits per heavy atom. The van der Waals surface area contributed by atoms with Crippen LogP contribution in [0.3, 0.4) is 0 Å². The smallest absolute Gasteiger partial charge is 0.238 e. The van der Waals surface area contributed by atoms with Crippen LogP contribution in [-0.4, -0.2) is 44.0 Å². The molecule has 0 aromatic carbocycles. The lowest BCUT2D eigenvalue weighted by atomic mass is 10.2. The minimum absolute atomic E-state index is 0.185. The van der Waals surface area contributed by atoms with Gasteiger partial charge in [0.05, 0.1) is 6.26 Å². The van der Waals surface area contributed by atoms with Crippen molar-refractivity contribution < 1.29 is 13.2 Å². The van der Waals surface area contributed by atoms with Crippen molar-refractivity contribution in [2.75, 3.05) is 19.3 Å². The third kappa shape index (κ3) is 2.45. The van der Waals surface area contributed by atoms with E-state index in [2.05, 4.69) is 5.32 Å². The predicted octanol–water partition coefficient (Wildman–Crippen LogP) is -0.453. The largest absolute Gasteiger partial charge is 0.355 e. The highest BCUT2D eigenvalue weighted by Crippen LogP contribution is 2.20. The Morgan fingerprint density at radius 2 is 2.21 bits per heavy atom. The molecule has 1 saturated heterocycles. The van der Waals surface area contributed by atoms with E-state index in [0.29, 0.717) is 19.5 Å². The van der Waals surface area contributed by atoms with E-state index in [-0.39, 0.29) is 5.91 Å². The monoisotopic (exact) mass is 220 g/mol. The molecule has 0 saturated carbocycles. The maximum absolute atomic E-state index is 11.5. The molecule has 0 bridgehead atoms. The molecule has 1 aliphatic rings. The summed E-state index contributed by atoms with van der Waals surface area (Å²) in [5.41, 5.74) is 0. The highest BCUT2D eigenvalue weighted by Gasteiger charge is 2.35. The third-order valence-corrected chi connectivity index (χ3v) is 3.57. The van der Waals surface area contributed by atoms with Crippen LogP contribution in [0.4, 0.5) is 0 Å². The summed E-state index contributed by atoms with van der Waals surface area (Å²) in [6.07, 6.45) is 2.53. The zero-order chi connectivity index (χ0) is 10.8. The van der Waals surface area contributed by atoms with Crippen molar-refractivity contribution in [1.82, 2.24) is 9.62 Å². The molecule has 1 heterocycles. The first-order valence-corrected chi connectivity index (χ1v) is 6.56. The standard InChI is InChI=1S/C8H16N2O3S/c1-3-9-8(11)7-5-4-6-10(7)14(2,12)13/h7H,3-6H2,1-2H3,(H,9,11)/t7-/m1/s1. The van der Waals surface area contributed by atoms with Crippen LogP contribution in [0.2, 0.25) is 0 Å². The molecule has 6 heteroatoms. The molecule has 14 heavy (non-hydrogen) atoms. The lowest BCUT2D eigenvalue weighted by molar-refractivity contribution is -0.124. The summed E-state index contributed by atoms with van der Waals surface area (Å²) in [7, 11) is -3.24. The summed E-state index contributed by atoms with van der Waals surface area (Å²) >= 11 is 0. The normalized spacial score (nSPS) is 23.7. The van der Waals surface area contributed by atoms with Gasteiger partial charge in [-0.25, -0.2) is 8.42 Å². The number of rotatable bonds is 3. The Labute approximate surface area is 84.5 Å². The van der Waals surface area contributed by atoms with Crippen LogP contribution in [0.5, 0.6) is 0 Å². The number of likely N-dealkylation sites (N-methyl/N-ethyl adjacent to an activating group) is 1. The second-order valence-electron chi connectivity index (χ2n) is 3.43. The summed E-state index contributed by atoms with van der Waals surface area (Å²) in [5.74, 6) is -0.185. The van der Waals surface area contributed by atoms with E-state index in [0.717, 1.165) is 12.7 Å². The topological polar surface area (TPSA) is 66.5 Å². The highest BCUT2D eigenvalue weighted by molar-refractivity contribution is 7.88. The molecule has 1 amide bonds. The molecule has 5 nitrogen and oxygen atoms in total. The molecule has 1 rings (SSSR count). The van der Waals surface area contributed by atoms with Gasteiger partial charge in [-0.3, -0.25) is 4.79 Å². The van der Waals surface area contributed by atoms with E-state index in [1.807, 2.05) is 6.92 Å². The number of nitrogens with zero attached hydrogens (tertiary/aromatic N) is 1. The van der Waals surface area contributed by atoms with E-state index >= 15 is 0 Å². The Hall–Kier alpha value is -0.620. The van der Waals surface area contributed by atoms with E-state index < -0.39 is 16.1 Å². The van der Waals surface area contributed by atoms with Crippen LogP contribution in [0, 0.1) is 0 Å². The third-order valence-electron chi connectivity index (χ3n) is 2.28.